The van der Waals surface area contributed by atoms with Crippen LogP contribution in [0.5, 0.6) is 0 Å². The molecular formula is C16H25O. The van der Waals surface area contributed by atoms with Gasteiger partial charge in [-0.2, -0.15) is 0 Å². The zero-order chi connectivity index (χ0) is 12.5. The highest BCUT2D eigenvalue weighted by atomic mass is 16.2. The van der Waals surface area contributed by atoms with E-state index in [1.54, 1.807) is 0 Å². The Bertz CT molecular complexity index is 317. The van der Waals surface area contributed by atoms with E-state index in [-0.39, 0.29) is 6.61 Å². The van der Waals surface area contributed by atoms with Gasteiger partial charge >= 0.3 is 0 Å². The van der Waals surface area contributed by atoms with Gasteiger partial charge in [0.05, 0.1) is 6.61 Å². The molecule has 1 radical (unpaired) electrons. The molecule has 0 atom stereocenters. The van der Waals surface area contributed by atoms with E-state index in [2.05, 4.69) is 32.0 Å². The van der Waals surface area contributed by atoms with Gasteiger partial charge in [0.1, 0.15) is 0 Å². The molecule has 0 saturated heterocycles. The van der Waals surface area contributed by atoms with Crippen LogP contribution in [0.15, 0.2) is 18.2 Å². The summed E-state index contributed by atoms with van der Waals surface area (Å²) in [6.07, 6.45) is 7.67. The fraction of sp³-hybridized carbons (Fsp3) is 0.625. The normalized spacial score (nSPS) is 10.8. The molecule has 0 unspecified atom stereocenters. The van der Waals surface area contributed by atoms with Gasteiger partial charge in [0, 0.05) is 0 Å². The van der Waals surface area contributed by atoms with Crippen LogP contribution in [0, 0.1) is 0 Å². The first kappa shape index (κ1) is 14.2. The lowest BCUT2D eigenvalue weighted by Gasteiger charge is -2.11. The Balaban J connectivity index is 2.72. The van der Waals surface area contributed by atoms with Crippen LogP contribution >= 0.6 is 0 Å². The topological polar surface area (TPSA) is 19.9 Å². The van der Waals surface area contributed by atoms with E-state index in [0.29, 0.717) is 0 Å². The lowest BCUT2D eigenvalue weighted by atomic mass is 9.95. The predicted molar refractivity (Wildman–Crippen MR) is 72.9 cm³/mol. The van der Waals surface area contributed by atoms with Crippen molar-refractivity contribution in [3.05, 3.63) is 34.9 Å². The van der Waals surface area contributed by atoms with Gasteiger partial charge in [-0.25, -0.2) is 5.11 Å². The quantitative estimate of drug-likeness (QED) is 0.595. The van der Waals surface area contributed by atoms with Gasteiger partial charge in [-0.05, 0) is 48.8 Å². The smallest absolute Gasteiger partial charge is 0.0822 e. The van der Waals surface area contributed by atoms with Gasteiger partial charge in [0.15, 0.2) is 0 Å². The maximum Gasteiger partial charge on any atom is 0.0822 e. The molecule has 0 bridgehead atoms. The molecule has 17 heavy (non-hydrogen) atoms. The van der Waals surface area contributed by atoms with E-state index in [9.17, 15) is 5.11 Å². The third-order valence-electron chi connectivity index (χ3n) is 3.17. The second-order valence-corrected chi connectivity index (χ2v) is 4.76. The number of hydrogen-bond donors (Lipinski definition) is 0. The fourth-order valence-electron chi connectivity index (χ4n) is 2.29. The Morgan fingerprint density at radius 2 is 1.65 bits per heavy atom. The zero-order valence-corrected chi connectivity index (χ0v) is 11.3. The summed E-state index contributed by atoms with van der Waals surface area (Å²) in [7, 11) is 0. The summed E-state index contributed by atoms with van der Waals surface area (Å²) in [6, 6.07) is 6.91. The van der Waals surface area contributed by atoms with E-state index >= 15 is 0 Å². The van der Waals surface area contributed by atoms with E-state index in [0.717, 1.165) is 19.3 Å². The van der Waals surface area contributed by atoms with Crippen molar-refractivity contribution in [2.24, 2.45) is 0 Å². The monoisotopic (exact) mass is 233 g/mol. The molecule has 0 spiro atoms. The molecule has 0 heterocycles. The van der Waals surface area contributed by atoms with Crippen molar-refractivity contribution in [3.63, 3.8) is 0 Å². The molecule has 1 nitrogen and oxygen atoms in total. The van der Waals surface area contributed by atoms with Crippen LogP contribution in [0.4, 0.5) is 0 Å². The van der Waals surface area contributed by atoms with Gasteiger partial charge in [0.25, 0.3) is 0 Å². The first-order valence-corrected chi connectivity index (χ1v) is 7.00. The average Bonchev–Trinajstić information content (AvgIpc) is 2.33. The summed E-state index contributed by atoms with van der Waals surface area (Å²) < 4.78 is 0. The highest BCUT2D eigenvalue weighted by Gasteiger charge is 2.03. The van der Waals surface area contributed by atoms with Gasteiger partial charge in [-0.3, -0.25) is 0 Å². The van der Waals surface area contributed by atoms with E-state index < -0.39 is 0 Å². The van der Waals surface area contributed by atoms with Crippen LogP contribution in [0.25, 0.3) is 0 Å². The third-order valence-corrected chi connectivity index (χ3v) is 3.17. The largest absolute Gasteiger partial charge is 0.237 e. The first-order chi connectivity index (χ1) is 8.31. The molecule has 95 valence electrons. The summed E-state index contributed by atoms with van der Waals surface area (Å²) in [6.45, 7) is 4.52. The highest BCUT2D eigenvalue weighted by molar-refractivity contribution is 5.32. The standard InChI is InChI=1S/C16H25O/c1-3-7-14-10-11-15(9-5-6-12-17)16(13-14)8-4-2/h10-11,13H,3-9,12H2,1-2H3. The summed E-state index contributed by atoms with van der Waals surface area (Å²) in [5, 5.41) is 10.5. The zero-order valence-electron chi connectivity index (χ0n) is 11.3. The minimum Gasteiger partial charge on any atom is -0.237 e. The molecule has 1 heteroatoms. The molecule has 1 rings (SSSR count). The molecular weight excluding hydrogens is 208 g/mol. The van der Waals surface area contributed by atoms with Crippen molar-refractivity contribution in [1.82, 2.24) is 0 Å². The summed E-state index contributed by atoms with van der Waals surface area (Å²) in [4.78, 5) is 0. The van der Waals surface area contributed by atoms with Gasteiger partial charge in [-0.15, -0.1) is 0 Å². The molecule has 0 saturated carbocycles. The predicted octanol–water partition coefficient (Wildman–Crippen LogP) is 4.34. The maximum atomic E-state index is 10.5. The van der Waals surface area contributed by atoms with Crippen molar-refractivity contribution in [2.75, 3.05) is 6.61 Å². The number of aryl methyl sites for hydroxylation is 3. The third kappa shape index (κ3) is 4.91. The van der Waals surface area contributed by atoms with Crippen molar-refractivity contribution in [1.29, 1.82) is 0 Å². The first-order valence-electron chi connectivity index (χ1n) is 7.00. The van der Waals surface area contributed by atoms with E-state index in [1.165, 1.54) is 42.4 Å². The Kier molecular flexibility index (Phi) is 6.95. The Labute approximate surface area is 106 Å². The number of hydrogen-bond acceptors (Lipinski definition) is 0. The average molecular weight is 233 g/mol. The Morgan fingerprint density at radius 3 is 2.29 bits per heavy atom. The second kappa shape index (κ2) is 8.30. The second-order valence-electron chi connectivity index (χ2n) is 4.76. The maximum absolute atomic E-state index is 10.5. The highest BCUT2D eigenvalue weighted by Crippen LogP contribution is 2.17. The van der Waals surface area contributed by atoms with Crippen molar-refractivity contribution in [2.45, 2.75) is 58.8 Å². The molecule has 0 N–H and O–H groups in total. The van der Waals surface area contributed by atoms with Crippen LogP contribution < -0.4 is 0 Å². The molecule has 0 aliphatic rings. The lowest BCUT2D eigenvalue weighted by molar-refractivity contribution is 0.187. The summed E-state index contributed by atoms with van der Waals surface area (Å²) in [5.74, 6) is 0. The van der Waals surface area contributed by atoms with Crippen LogP contribution in [0.1, 0.15) is 56.2 Å². The number of rotatable bonds is 8. The van der Waals surface area contributed by atoms with Crippen molar-refractivity contribution < 1.29 is 5.11 Å². The minimum absolute atomic E-state index is 0.0665. The number of benzene rings is 1. The Hall–Kier alpha value is -0.820. The van der Waals surface area contributed by atoms with Gasteiger partial charge in [0.2, 0.25) is 0 Å². The van der Waals surface area contributed by atoms with Crippen molar-refractivity contribution >= 4 is 0 Å². The molecule has 0 aromatic heterocycles. The molecule has 0 aliphatic heterocycles. The number of unbranched alkanes of at least 4 members (excludes halogenated alkanes) is 1. The van der Waals surface area contributed by atoms with E-state index in [4.69, 9.17) is 0 Å². The van der Waals surface area contributed by atoms with Crippen LogP contribution in [-0.2, 0) is 24.4 Å². The lowest BCUT2D eigenvalue weighted by Crippen LogP contribution is -1.97. The minimum atomic E-state index is 0.0665. The Morgan fingerprint density at radius 1 is 0.882 bits per heavy atom. The van der Waals surface area contributed by atoms with Crippen molar-refractivity contribution in [3.8, 4) is 0 Å². The molecule has 0 amide bonds. The van der Waals surface area contributed by atoms with Crippen LogP contribution in [0.2, 0.25) is 0 Å². The van der Waals surface area contributed by atoms with Gasteiger partial charge < -0.3 is 0 Å². The van der Waals surface area contributed by atoms with Crippen LogP contribution in [0.3, 0.4) is 0 Å². The van der Waals surface area contributed by atoms with Gasteiger partial charge in [-0.1, -0.05) is 44.9 Å². The SMILES string of the molecule is CCCc1ccc(CCCC[O])c(CCC)c1. The summed E-state index contributed by atoms with van der Waals surface area (Å²) >= 11 is 0. The molecule has 1 aromatic carbocycles. The van der Waals surface area contributed by atoms with E-state index in [1.807, 2.05) is 0 Å². The molecule has 0 aliphatic carbocycles. The fourth-order valence-corrected chi connectivity index (χ4v) is 2.29. The summed E-state index contributed by atoms with van der Waals surface area (Å²) in [5.41, 5.74) is 4.42. The van der Waals surface area contributed by atoms with Crippen LogP contribution in [-0.4, -0.2) is 6.61 Å². The molecule has 1 aromatic rings. The molecule has 0 fully saturated rings.